The van der Waals surface area contributed by atoms with Gasteiger partial charge in [0.25, 0.3) is 0 Å². The molecule has 18 heavy (non-hydrogen) atoms. The van der Waals surface area contributed by atoms with E-state index in [1.807, 2.05) is 0 Å². The van der Waals surface area contributed by atoms with Gasteiger partial charge in [0.15, 0.2) is 0 Å². The summed E-state index contributed by atoms with van der Waals surface area (Å²) in [5, 5.41) is 26.8. The highest BCUT2D eigenvalue weighted by molar-refractivity contribution is 6.30. The summed E-state index contributed by atoms with van der Waals surface area (Å²) in [6.07, 6.45) is -6.85. The molecule has 0 fully saturated rings. The summed E-state index contributed by atoms with van der Waals surface area (Å²) in [6, 6.07) is 0.626. The van der Waals surface area contributed by atoms with Crippen molar-refractivity contribution in [1.29, 1.82) is 0 Å². The van der Waals surface area contributed by atoms with Crippen LogP contribution in [-0.4, -0.2) is 33.0 Å². The third kappa shape index (κ3) is 3.55. The SMILES string of the molecule is OCCC(O)C(O)c1cnc(Cl)c(C(F)(F)F)c1. The lowest BCUT2D eigenvalue weighted by atomic mass is 10.0. The van der Waals surface area contributed by atoms with Crippen LogP contribution >= 0.6 is 11.6 Å². The van der Waals surface area contributed by atoms with Gasteiger partial charge in [-0.05, 0) is 12.5 Å². The molecule has 0 saturated heterocycles. The van der Waals surface area contributed by atoms with Crippen molar-refractivity contribution in [2.75, 3.05) is 6.61 Å². The van der Waals surface area contributed by atoms with Crippen molar-refractivity contribution in [2.45, 2.75) is 24.8 Å². The molecule has 0 aliphatic heterocycles. The minimum Gasteiger partial charge on any atom is -0.396 e. The van der Waals surface area contributed by atoms with Crippen molar-refractivity contribution in [3.8, 4) is 0 Å². The van der Waals surface area contributed by atoms with Crippen LogP contribution in [0.2, 0.25) is 5.15 Å². The number of alkyl halides is 3. The Hall–Kier alpha value is -0.890. The van der Waals surface area contributed by atoms with Crippen molar-refractivity contribution >= 4 is 11.6 Å². The molecule has 0 amide bonds. The second-order valence-electron chi connectivity index (χ2n) is 3.63. The van der Waals surface area contributed by atoms with Crippen molar-refractivity contribution in [3.63, 3.8) is 0 Å². The third-order valence-electron chi connectivity index (χ3n) is 2.30. The second-order valence-corrected chi connectivity index (χ2v) is 3.99. The lowest BCUT2D eigenvalue weighted by Gasteiger charge is -2.18. The second kappa shape index (κ2) is 5.83. The molecular formula is C10H11ClF3NO3. The molecule has 0 spiro atoms. The number of hydrogen-bond acceptors (Lipinski definition) is 4. The van der Waals surface area contributed by atoms with Gasteiger partial charge in [-0.3, -0.25) is 0 Å². The van der Waals surface area contributed by atoms with Crippen LogP contribution in [0.4, 0.5) is 13.2 Å². The normalized spacial score (nSPS) is 15.5. The summed E-state index contributed by atoms with van der Waals surface area (Å²) in [4.78, 5) is 3.32. The van der Waals surface area contributed by atoms with Gasteiger partial charge in [-0.1, -0.05) is 11.6 Å². The van der Waals surface area contributed by atoms with Gasteiger partial charge >= 0.3 is 6.18 Å². The maximum Gasteiger partial charge on any atom is 0.419 e. The Morgan fingerprint density at radius 2 is 1.94 bits per heavy atom. The lowest BCUT2D eigenvalue weighted by molar-refractivity contribution is -0.137. The fraction of sp³-hybridized carbons (Fsp3) is 0.500. The Bertz CT molecular complexity index is 414. The Morgan fingerprint density at radius 1 is 1.33 bits per heavy atom. The van der Waals surface area contributed by atoms with E-state index in [4.69, 9.17) is 16.7 Å². The molecule has 0 saturated carbocycles. The molecule has 0 aliphatic rings. The zero-order chi connectivity index (χ0) is 13.9. The van der Waals surface area contributed by atoms with Gasteiger partial charge in [0.05, 0.1) is 11.7 Å². The molecule has 8 heteroatoms. The zero-order valence-corrected chi connectivity index (χ0v) is 9.78. The van der Waals surface area contributed by atoms with Gasteiger partial charge in [-0.2, -0.15) is 13.2 Å². The first kappa shape index (κ1) is 15.2. The number of hydrogen-bond donors (Lipinski definition) is 3. The summed E-state index contributed by atoms with van der Waals surface area (Å²) >= 11 is 5.31. The fourth-order valence-electron chi connectivity index (χ4n) is 1.34. The molecule has 1 aromatic heterocycles. The highest BCUT2D eigenvalue weighted by Crippen LogP contribution is 2.35. The zero-order valence-electron chi connectivity index (χ0n) is 9.02. The highest BCUT2D eigenvalue weighted by atomic mass is 35.5. The molecule has 1 aromatic rings. The number of halogens is 4. The monoisotopic (exact) mass is 285 g/mol. The fourth-order valence-corrected chi connectivity index (χ4v) is 1.55. The van der Waals surface area contributed by atoms with Gasteiger partial charge in [0.1, 0.15) is 11.3 Å². The highest BCUT2D eigenvalue weighted by Gasteiger charge is 2.35. The van der Waals surface area contributed by atoms with E-state index in [1.54, 1.807) is 0 Å². The molecule has 1 heterocycles. The third-order valence-corrected chi connectivity index (χ3v) is 2.60. The number of nitrogens with zero attached hydrogens (tertiary/aromatic N) is 1. The molecule has 2 unspecified atom stereocenters. The Kier molecular flexibility index (Phi) is 4.92. The van der Waals surface area contributed by atoms with E-state index >= 15 is 0 Å². The van der Waals surface area contributed by atoms with E-state index in [1.165, 1.54) is 0 Å². The number of aliphatic hydroxyl groups excluding tert-OH is 3. The summed E-state index contributed by atoms with van der Waals surface area (Å²) in [5.41, 5.74) is -1.40. The molecule has 4 nitrogen and oxygen atoms in total. The predicted molar refractivity (Wildman–Crippen MR) is 56.9 cm³/mol. The minimum atomic E-state index is -4.69. The average Bonchev–Trinajstić information content (AvgIpc) is 2.27. The topological polar surface area (TPSA) is 73.6 Å². The van der Waals surface area contributed by atoms with Crippen LogP contribution in [-0.2, 0) is 6.18 Å². The van der Waals surface area contributed by atoms with Crippen molar-refractivity contribution in [1.82, 2.24) is 4.98 Å². The van der Waals surface area contributed by atoms with Crippen LogP contribution in [0.25, 0.3) is 0 Å². The number of rotatable bonds is 4. The van der Waals surface area contributed by atoms with Crippen molar-refractivity contribution in [2.24, 2.45) is 0 Å². The van der Waals surface area contributed by atoms with Gasteiger partial charge in [0.2, 0.25) is 0 Å². The van der Waals surface area contributed by atoms with E-state index in [0.29, 0.717) is 6.07 Å². The maximum atomic E-state index is 12.5. The largest absolute Gasteiger partial charge is 0.419 e. The number of pyridine rings is 1. The van der Waals surface area contributed by atoms with Crippen LogP contribution in [0.1, 0.15) is 23.7 Å². The van der Waals surface area contributed by atoms with Gasteiger partial charge in [0, 0.05) is 18.4 Å². The summed E-state index contributed by atoms with van der Waals surface area (Å²) in [6.45, 7) is -0.397. The summed E-state index contributed by atoms with van der Waals surface area (Å²) < 4.78 is 37.6. The number of aliphatic hydroxyl groups is 3. The molecule has 102 valence electrons. The first-order valence-electron chi connectivity index (χ1n) is 4.97. The van der Waals surface area contributed by atoms with Gasteiger partial charge in [-0.25, -0.2) is 4.98 Å². The molecule has 0 aliphatic carbocycles. The van der Waals surface area contributed by atoms with Crippen LogP contribution < -0.4 is 0 Å². The first-order valence-corrected chi connectivity index (χ1v) is 5.34. The van der Waals surface area contributed by atoms with E-state index in [-0.39, 0.29) is 12.0 Å². The van der Waals surface area contributed by atoms with Crippen LogP contribution in [0.3, 0.4) is 0 Å². The first-order chi connectivity index (χ1) is 8.27. The van der Waals surface area contributed by atoms with Crippen LogP contribution in [0, 0.1) is 0 Å². The Morgan fingerprint density at radius 3 is 2.44 bits per heavy atom. The molecule has 2 atom stereocenters. The quantitative estimate of drug-likeness (QED) is 0.734. The molecular weight excluding hydrogens is 275 g/mol. The van der Waals surface area contributed by atoms with E-state index in [0.717, 1.165) is 6.20 Å². The molecule has 3 N–H and O–H groups in total. The Balaban J connectivity index is 3.05. The minimum absolute atomic E-state index is 0.162. The van der Waals surface area contributed by atoms with Crippen LogP contribution in [0.5, 0.6) is 0 Å². The molecule has 1 rings (SSSR count). The van der Waals surface area contributed by atoms with E-state index in [2.05, 4.69) is 4.98 Å². The van der Waals surface area contributed by atoms with Crippen molar-refractivity contribution in [3.05, 3.63) is 28.5 Å². The average molecular weight is 286 g/mol. The summed E-state index contributed by atoms with van der Waals surface area (Å²) in [5.74, 6) is 0. The molecule has 0 aromatic carbocycles. The standard InChI is InChI=1S/C10H11ClF3NO3/c11-9-6(10(12,13)14)3-5(4-15-9)8(18)7(17)1-2-16/h3-4,7-8,16-18H,1-2H2. The van der Waals surface area contributed by atoms with Gasteiger partial charge < -0.3 is 15.3 Å². The molecule has 0 radical (unpaired) electrons. The van der Waals surface area contributed by atoms with Crippen molar-refractivity contribution < 1.29 is 28.5 Å². The van der Waals surface area contributed by atoms with Crippen LogP contribution in [0.15, 0.2) is 12.3 Å². The lowest BCUT2D eigenvalue weighted by Crippen LogP contribution is -2.20. The van der Waals surface area contributed by atoms with E-state index in [9.17, 15) is 23.4 Å². The maximum absolute atomic E-state index is 12.5. The Labute approximate surface area is 106 Å². The van der Waals surface area contributed by atoms with E-state index < -0.39 is 35.7 Å². The summed E-state index contributed by atoms with van der Waals surface area (Å²) in [7, 11) is 0. The predicted octanol–water partition coefficient (Wildman–Crippen LogP) is 1.53. The van der Waals surface area contributed by atoms with Gasteiger partial charge in [-0.15, -0.1) is 0 Å². The molecule has 0 bridgehead atoms. The smallest absolute Gasteiger partial charge is 0.396 e. The number of aromatic nitrogens is 1.